The summed E-state index contributed by atoms with van der Waals surface area (Å²) in [6, 6.07) is 15.6. The van der Waals surface area contributed by atoms with E-state index in [1.165, 1.54) is 11.1 Å². The minimum Gasteiger partial charge on any atom is -0.383 e. The second-order valence-corrected chi connectivity index (χ2v) is 11.9. The summed E-state index contributed by atoms with van der Waals surface area (Å²) in [7, 11) is 0. The molecule has 2 aliphatic rings. The summed E-state index contributed by atoms with van der Waals surface area (Å²) >= 11 is 0. The highest BCUT2D eigenvalue weighted by atomic mass is 16.5. The van der Waals surface area contributed by atoms with E-state index in [1.807, 2.05) is 24.3 Å². The van der Waals surface area contributed by atoms with E-state index in [9.17, 15) is 9.59 Å². The summed E-state index contributed by atoms with van der Waals surface area (Å²) in [6.45, 7) is 8.30. The number of aryl methyl sites for hydroxylation is 2. The number of nitrogen functional groups attached to an aromatic ring is 1. The molecule has 1 aliphatic heterocycles. The predicted molar refractivity (Wildman–Crippen MR) is 166 cm³/mol. The van der Waals surface area contributed by atoms with Crippen molar-refractivity contribution < 1.29 is 14.3 Å². The molecular weight excluding hydrogens is 526 g/mol. The van der Waals surface area contributed by atoms with E-state index in [1.54, 1.807) is 12.3 Å². The van der Waals surface area contributed by atoms with Crippen LogP contribution in [0.2, 0.25) is 0 Å². The molecule has 0 bridgehead atoms. The van der Waals surface area contributed by atoms with E-state index in [0.29, 0.717) is 30.8 Å². The molecule has 1 aromatic heterocycles. The number of carbonyl (C=O) groups excluding carboxylic acids is 2. The van der Waals surface area contributed by atoms with Crippen molar-refractivity contribution in [1.82, 2.24) is 20.9 Å². The first-order valence-corrected chi connectivity index (χ1v) is 15.2. The van der Waals surface area contributed by atoms with Gasteiger partial charge in [-0.1, -0.05) is 44.2 Å². The van der Waals surface area contributed by atoms with Gasteiger partial charge in [0.05, 0.1) is 24.3 Å². The van der Waals surface area contributed by atoms with E-state index in [-0.39, 0.29) is 35.8 Å². The Kier molecular flexibility index (Phi) is 9.55. The smallest absolute Gasteiger partial charge is 0.255 e. The largest absolute Gasteiger partial charge is 0.383 e. The van der Waals surface area contributed by atoms with Crippen LogP contribution in [-0.2, 0) is 17.8 Å². The minimum absolute atomic E-state index is 0.0493. The van der Waals surface area contributed by atoms with Crippen LogP contribution in [0.15, 0.2) is 54.7 Å². The van der Waals surface area contributed by atoms with Gasteiger partial charge in [0.25, 0.3) is 11.8 Å². The Morgan fingerprint density at radius 3 is 2.48 bits per heavy atom. The van der Waals surface area contributed by atoms with E-state index >= 15 is 0 Å². The molecule has 1 saturated heterocycles. The zero-order chi connectivity index (χ0) is 29.6. The Labute approximate surface area is 248 Å². The van der Waals surface area contributed by atoms with Crippen molar-refractivity contribution in [1.29, 1.82) is 0 Å². The number of nitrogens with zero attached hydrogens (tertiary/aromatic N) is 1. The highest BCUT2D eigenvalue weighted by Gasteiger charge is 2.30. The first kappa shape index (κ1) is 29.7. The molecule has 2 amide bonds. The van der Waals surface area contributed by atoms with Crippen LogP contribution >= 0.6 is 0 Å². The molecule has 2 atom stereocenters. The van der Waals surface area contributed by atoms with Gasteiger partial charge in [0.15, 0.2) is 0 Å². The third-order valence-corrected chi connectivity index (χ3v) is 8.73. The van der Waals surface area contributed by atoms with Gasteiger partial charge in [-0.05, 0) is 85.4 Å². The van der Waals surface area contributed by atoms with Crippen LogP contribution in [0.5, 0.6) is 0 Å². The van der Waals surface area contributed by atoms with Gasteiger partial charge < -0.3 is 26.4 Å². The van der Waals surface area contributed by atoms with Crippen LogP contribution in [-0.4, -0.2) is 48.1 Å². The monoisotopic (exact) mass is 569 g/mol. The van der Waals surface area contributed by atoms with Gasteiger partial charge in [0, 0.05) is 36.5 Å². The summed E-state index contributed by atoms with van der Waals surface area (Å²) < 4.78 is 6.23. The first-order valence-electron chi connectivity index (χ1n) is 15.2. The number of nitrogens with two attached hydrogens (primary N) is 1. The molecule has 8 heteroatoms. The third kappa shape index (κ3) is 7.17. The second kappa shape index (κ2) is 13.5. The number of aromatic nitrogens is 1. The van der Waals surface area contributed by atoms with Crippen molar-refractivity contribution in [2.24, 2.45) is 5.92 Å². The molecule has 222 valence electrons. The Hall–Kier alpha value is -3.75. The average molecular weight is 570 g/mol. The van der Waals surface area contributed by atoms with Crippen LogP contribution in [0.1, 0.15) is 76.9 Å². The van der Waals surface area contributed by atoms with Crippen molar-refractivity contribution in [3.63, 3.8) is 0 Å². The Bertz CT molecular complexity index is 1400. The molecule has 0 radical (unpaired) electrons. The van der Waals surface area contributed by atoms with E-state index < -0.39 is 0 Å². The molecule has 5 rings (SSSR count). The lowest BCUT2D eigenvalue weighted by Crippen LogP contribution is -2.44. The summed E-state index contributed by atoms with van der Waals surface area (Å²) in [6.07, 6.45) is 6.85. The summed E-state index contributed by atoms with van der Waals surface area (Å²) in [5.41, 5.74) is 12.4. The second-order valence-electron chi connectivity index (χ2n) is 11.9. The molecule has 2 heterocycles. The first-order chi connectivity index (χ1) is 20.3. The lowest BCUT2D eigenvalue weighted by atomic mass is 9.87. The SMILES string of the molecule is CCc1cc(CO[C@H]2CNC[C@@H]2NC(=O)c2cc(-c3ccc(C(=O)NC4CCC(C)CC4)cc3)cnc2N)ccc1C. The summed E-state index contributed by atoms with van der Waals surface area (Å²) in [4.78, 5) is 30.4. The normalized spacial score (nSPS) is 22.1. The molecule has 5 N–H and O–H groups in total. The molecular formula is C34H43N5O3. The van der Waals surface area contributed by atoms with Crippen molar-refractivity contribution in [2.45, 2.75) is 77.7 Å². The number of anilines is 1. The van der Waals surface area contributed by atoms with Gasteiger partial charge in [-0.2, -0.15) is 0 Å². The van der Waals surface area contributed by atoms with Crippen LogP contribution in [0.25, 0.3) is 11.1 Å². The van der Waals surface area contributed by atoms with Crippen LogP contribution in [0.3, 0.4) is 0 Å². The average Bonchev–Trinajstić information content (AvgIpc) is 3.44. The van der Waals surface area contributed by atoms with Gasteiger partial charge >= 0.3 is 0 Å². The van der Waals surface area contributed by atoms with E-state index in [4.69, 9.17) is 10.5 Å². The van der Waals surface area contributed by atoms with Crippen molar-refractivity contribution in [3.8, 4) is 11.1 Å². The number of nitrogens with one attached hydrogen (secondary N) is 3. The lowest BCUT2D eigenvalue weighted by Gasteiger charge is -2.26. The van der Waals surface area contributed by atoms with Crippen molar-refractivity contribution in [3.05, 3.63) is 82.5 Å². The maximum Gasteiger partial charge on any atom is 0.255 e. The van der Waals surface area contributed by atoms with E-state index in [0.717, 1.165) is 54.7 Å². The molecule has 2 fully saturated rings. The zero-order valence-electron chi connectivity index (χ0n) is 24.9. The van der Waals surface area contributed by atoms with E-state index in [2.05, 4.69) is 59.9 Å². The van der Waals surface area contributed by atoms with Gasteiger partial charge in [-0.25, -0.2) is 4.98 Å². The van der Waals surface area contributed by atoms with Gasteiger partial charge in [-0.15, -0.1) is 0 Å². The number of pyridine rings is 1. The maximum atomic E-state index is 13.3. The number of rotatable bonds is 9. The number of hydrogen-bond donors (Lipinski definition) is 4. The Morgan fingerprint density at radius 2 is 1.74 bits per heavy atom. The predicted octanol–water partition coefficient (Wildman–Crippen LogP) is 4.80. The topological polar surface area (TPSA) is 118 Å². The van der Waals surface area contributed by atoms with Crippen molar-refractivity contribution in [2.75, 3.05) is 18.8 Å². The molecule has 0 unspecified atom stereocenters. The standard InChI is InChI=1S/C34H43N5O3/c1-4-24-15-23(8-7-22(24)3)20-42-31-19-36-18-30(31)39-34(41)29-16-27(17-37-32(29)35)25-9-11-26(12-10-25)33(40)38-28-13-5-21(2)6-14-28/h7-12,15-17,21,28,30-31,36H,4-6,13-14,18-20H2,1-3H3,(H2,35,37)(H,38,40)(H,39,41)/t21?,28?,30-,31-/m0/s1. The minimum atomic E-state index is -0.287. The lowest BCUT2D eigenvalue weighted by molar-refractivity contribution is 0.0357. The number of hydrogen-bond acceptors (Lipinski definition) is 6. The molecule has 0 spiro atoms. The molecule has 3 aromatic rings. The fraction of sp³-hybridized carbons (Fsp3) is 0.441. The quantitative estimate of drug-likeness (QED) is 0.294. The molecule has 1 saturated carbocycles. The van der Waals surface area contributed by atoms with Crippen LogP contribution < -0.4 is 21.7 Å². The van der Waals surface area contributed by atoms with Gasteiger partial charge in [0.2, 0.25) is 0 Å². The fourth-order valence-electron chi connectivity index (χ4n) is 5.92. The molecule has 1 aliphatic carbocycles. The van der Waals surface area contributed by atoms with Gasteiger partial charge in [0.1, 0.15) is 5.82 Å². The van der Waals surface area contributed by atoms with Crippen LogP contribution in [0, 0.1) is 12.8 Å². The van der Waals surface area contributed by atoms with Crippen molar-refractivity contribution >= 4 is 17.6 Å². The van der Waals surface area contributed by atoms with Crippen LogP contribution in [0.4, 0.5) is 5.82 Å². The Morgan fingerprint density at radius 1 is 0.976 bits per heavy atom. The fourth-order valence-corrected chi connectivity index (χ4v) is 5.92. The maximum absolute atomic E-state index is 13.3. The molecule has 2 aromatic carbocycles. The summed E-state index contributed by atoms with van der Waals surface area (Å²) in [5.74, 6) is 0.572. The third-order valence-electron chi connectivity index (χ3n) is 8.73. The number of benzene rings is 2. The van der Waals surface area contributed by atoms with Gasteiger partial charge in [-0.3, -0.25) is 9.59 Å². The number of carbonyl (C=O) groups is 2. The molecule has 42 heavy (non-hydrogen) atoms. The number of ether oxygens (including phenoxy) is 1. The summed E-state index contributed by atoms with van der Waals surface area (Å²) in [5, 5.41) is 9.59. The number of amides is 2. The molecule has 8 nitrogen and oxygen atoms in total. The highest BCUT2D eigenvalue weighted by Crippen LogP contribution is 2.25. The zero-order valence-corrected chi connectivity index (χ0v) is 24.9. The highest BCUT2D eigenvalue weighted by molar-refractivity contribution is 6.00. The Balaban J connectivity index is 1.20.